The van der Waals surface area contributed by atoms with Crippen molar-refractivity contribution in [2.75, 3.05) is 16.8 Å². The standard InChI is InChI=1S/C20H19N3O3/c1-2-13-22-17(14-18(24)21-15-9-5-3-6-10-15)19(25)23(20(22)26)16-11-7-4-8-12-16/h2-12,17H,1,13-14H2,(H,21,24)/t17-/m1/s1. The van der Waals surface area contributed by atoms with Gasteiger partial charge in [0, 0.05) is 12.2 Å². The van der Waals surface area contributed by atoms with E-state index in [9.17, 15) is 14.4 Å². The highest BCUT2D eigenvalue weighted by atomic mass is 16.2. The molecule has 132 valence electrons. The number of nitrogens with one attached hydrogen (secondary N) is 1. The molecule has 1 aliphatic heterocycles. The van der Waals surface area contributed by atoms with Crippen LogP contribution in [0.3, 0.4) is 0 Å². The van der Waals surface area contributed by atoms with Crippen molar-refractivity contribution in [3.8, 4) is 0 Å². The van der Waals surface area contributed by atoms with Crippen LogP contribution < -0.4 is 10.2 Å². The number of nitrogens with zero attached hydrogens (tertiary/aromatic N) is 2. The molecule has 6 heteroatoms. The van der Waals surface area contributed by atoms with Gasteiger partial charge in [0.25, 0.3) is 5.91 Å². The minimum Gasteiger partial charge on any atom is -0.326 e. The third-order valence-electron chi connectivity index (χ3n) is 4.10. The molecule has 1 fully saturated rings. The van der Waals surface area contributed by atoms with Crippen molar-refractivity contribution >= 4 is 29.2 Å². The van der Waals surface area contributed by atoms with Crippen molar-refractivity contribution < 1.29 is 14.4 Å². The molecule has 0 saturated carbocycles. The number of benzene rings is 2. The summed E-state index contributed by atoms with van der Waals surface area (Å²) in [6.45, 7) is 3.83. The predicted molar refractivity (Wildman–Crippen MR) is 99.7 cm³/mol. The van der Waals surface area contributed by atoms with Crippen LogP contribution in [0.5, 0.6) is 0 Å². The van der Waals surface area contributed by atoms with Crippen molar-refractivity contribution in [2.45, 2.75) is 12.5 Å². The summed E-state index contributed by atoms with van der Waals surface area (Å²) in [5.41, 5.74) is 1.13. The van der Waals surface area contributed by atoms with Gasteiger partial charge in [-0.1, -0.05) is 42.5 Å². The first kappa shape index (κ1) is 17.4. The largest absolute Gasteiger partial charge is 0.332 e. The Labute approximate surface area is 151 Å². The molecule has 6 nitrogen and oxygen atoms in total. The van der Waals surface area contributed by atoms with Gasteiger partial charge in [-0.15, -0.1) is 6.58 Å². The number of anilines is 2. The van der Waals surface area contributed by atoms with E-state index in [0.29, 0.717) is 11.4 Å². The Morgan fingerprint density at radius 1 is 1.04 bits per heavy atom. The van der Waals surface area contributed by atoms with E-state index in [-0.39, 0.29) is 18.9 Å². The number of carbonyl (C=O) groups excluding carboxylic acids is 3. The van der Waals surface area contributed by atoms with Crippen LogP contribution in [0.1, 0.15) is 6.42 Å². The number of carbonyl (C=O) groups is 3. The Bertz CT molecular complexity index is 821. The van der Waals surface area contributed by atoms with E-state index in [1.807, 2.05) is 6.07 Å². The molecular formula is C20H19N3O3. The maximum absolute atomic E-state index is 12.8. The Hall–Kier alpha value is -3.41. The normalized spacial score (nSPS) is 16.7. The minimum atomic E-state index is -0.857. The molecule has 0 unspecified atom stereocenters. The molecule has 1 saturated heterocycles. The van der Waals surface area contributed by atoms with Crippen molar-refractivity contribution in [1.82, 2.24) is 4.90 Å². The molecule has 1 atom stereocenters. The molecule has 2 aromatic carbocycles. The third kappa shape index (κ3) is 3.49. The van der Waals surface area contributed by atoms with Gasteiger partial charge in [0.2, 0.25) is 5.91 Å². The van der Waals surface area contributed by atoms with Gasteiger partial charge in [-0.05, 0) is 24.3 Å². The van der Waals surface area contributed by atoms with Crippen LogP contribution in [0.4, 0.5) is 16.2 Å². The molecule has 0 aromatic heterocycles. The molecule has 26 heavy (non-hydrogen) atoms. The smallest absolute Gasteiger partial charge is 0.326 e. The molecule has 0 radical (unpaired) electrons. The van der Waals surface area contributed by atoms with Gasteiger partial charge >= 0.3 is 6.03 Å². The van der Waals surface area contributed by atoms with Crippen molar-refractivity contribution in [3.05, 3.63) is 73.3 Å². The van der Waals surface area contributed by atoms with E-state index in [0.717, 1.165) is 4.90 Å². The first-order valence-electron chi connectivity index (χ1n) is 8.27. The maximum Gasteiger partial charge on any atom is 0.332 e. The second-order valence-corrected chi connectivity index (χ2v) is 5.87. The average Bonchev–Trinajstić information content (AvgIpc) is 2.87. The highest BCUT2D eigenvalue weighted by Crippen LogP contribution is 2.26. The topological polar surface area (TPSA) is 69.7 Å². The summed E-state index contributed by atoms with van der Waals surface area (Å²) < 4.78 is 0. The molecule has 0 bridgehead atoms. The van der Waals surface area contributed by atoms with Gasteiger partial charge in [-0.25, -0.2) is 9.69 Å². The lowest BCUT2D eigenvalue weighted by molar-refractivity contribution is -0.124. The Balaban J connectivity index is 1.80. The fourth-order valence-corrected chi connectivity index (χ4v) is 2.90. The number of imide groups is 1. The summed E-state index contributed by atoms with van der Waals surface area (Å²) in [5.74, 6) is -0.738. The first-order valence-corrected chi connectivity index (χ1v) is 8.27. The van der Waals surface area contributed by atoms with Gasteiger partial charge in [-0.2, -0.15) is 0 Å². The summed E-state index contributed by atoms with van der Waals surface area (Å²) in [5, 5.41) is 2.75. The van der Waals surface area contributed by atoms with Crippen LogP contribution in [0.15, 0.2) is 73.3 Å². The van der Waals surface area contributed by atoms with E-state index in [2.05, 4.69) is 11.9 Å². The van der Waals surface area contributed by atoms with Crippen molar-refractivity contribution in [2.24, 2.45) is 0 Å². The van der Waals surface area contributed by atoms with Crippen LogP contribution in [0, 0.1) is 0 Å². The van der Waals surface area contributed by atoms with Gasteiger partial charge in [0.1, 0.15) is 6.04 Å². The van der Waals surface area contributed by atoms with Crippen LogP contribution >= 0.6 is 0 Å². The maximum atomic E-state index is 12.8. The lowest BCUT2D eigenvalue weighted by Gasteiger charge is -2.19. The molecule has 4 amide bonds. The van der Waals surface area contributed by atoms with Crippen LogP contribution in [-0.2, 0) is 9.59 Å². The minimum absolute atomic E-state index is 0.114. The van der Waals surface area contributed by atoms with Crippen molar-refractivity contribution in [3.63, 3.8) is 0 Å². The van der Waals surface area contributed by atoms with Crippen LogP contribution in [-0.4, -0.2) is 35.3 Å². The number of hydrogen-bond acceptors (Lipinski definition) is 3. The molecule has 1 N–H and O–H groups in total. The van der Waals surface area contributed by atoms with Gasteiger partial charge in [0.15, 0.2) is 0 Å². The van der Waals surface area contributed by atoms with Gasteiger partial charge < -0.3 is 10.2 Å². The number of hydrogen-bond donors (Lipinski definition) is 1. The Morgan fingerprint density at radius 3 is 2.27 bits per heavy atom. The van der Waals surface area contributed by atoms with Gasteiger partial charge in [-0.3, -0.25) is 9.59 Å². The monoisotopic (exact) mass is 349 g/mol. The fraction of sp³-hybridized carbons (Fsp3) is 0.150. The SMILES string of the molecule is C=CCN1C(=O)N(c2ccccc2)C(=O)[C@H]1CC(=O)Nc1ccccc1. The average molecular weight is 349 g/mol. The molecular weight excluding hydrogens is 330 g/mol. The number of para-hydroxylation sites is 2. The number of rotatable bonds is 6. The molecule has 1 aliphatic rings. The Morgan fingerprint density at radius 2 is 1.65 bits per heavy atom. The summed E-state index contributed by atoms with van der Waals surface area (Å²) >= 11 is 0. The summed E-state index contributed by atoms with van der Waals surface area (Å²) in [4.78, 5) is 40.4. The summed E-state index contributed by atoms with van der Waals surface area (Å²) in [6.07, 6.45) is 1.43. The zero-order valence-electron chi connectivity index (χ0n) is 14.2. The van der Waals surface area contributed by atoms with E-state index in [1.54, 1.807) is 60.7 Å². The highest BCUT2D eigenvalue weighted by Gasteiger charge is 2.46. The lowest BCUT2D eigenvalue weighted by atomic mass is 10.1. The lowest BCUT2D eigenvalue weighted by Crippen LogP contribution is -2.38. The van der Waals surface area contributed by atoms with E-state index >= 15 is 0 Å². The molecule has 0 spiro atoms. The molecule has 2 aromatic rings. The Kier molecular flexibility index (Phi) is 5.12. The molecule has 1 heterocycles. The third-order valence-corrected chi connectivity index (χ3v) is 4.10. The van der Waals surface area contributed by atoms with E-state index in [4.69, 9.17) is 0 Å². The van der Waals surface area contributed by atoms with Crippen molar-refractivity contribution in [1.29, 1.82) is 0 Å². The van der Waals surface area contributed by atoms with E-state index < -0.39 is 18.0 Å². The second-order valence-electron chi connectivity index (χ2n) is 5.87. The zero-order chi connectivity index (χ0) is 18.5. The first-order chi connectivity index (χ1) is 12.6. The number of urea groups is 1. The van der Waals surface area contributed by atoms with Gasteiger partial charge in [0.05, 0.1) is 12.1 Å². The molecule has 0 aliphatic carbocycles. The number of amides is 4. The zero-order valence-corrected chi connectivity index (χ0v) is 14.2. The molecule has 3 rings (SSSR count). The van der Waals surface area contributed by atoms with Crippen LogP contribution in [0.25, 0.3) is 0 Å². The highest BCUT2D eigenvalue weighted by molar-refractivity contribution is 6.22. The van der Waals surface area contributed by atoms with E-state index in [1.165, 1.54) is 4.90 Å². The summed E-state index contributed by atoms with van der Waals surface area (Å²) in [7, 11) is 0. The van der Waals surface area contributed by atoms with Crippen LogP contribution in [0.2, 0.25) is 0 Å². The summed E-state index contributed by atoms with van der Waals surface area (Å²) in [6, 6.07) is 16.4. The second kappa shape index (κ2) is 7.65. The quantitative estimate of drug-likeness (QED) is 0.644. The predicted octanol–water partition coefficient (Wildman–Crippen LogP) is 3.04. The fourth-order valence-electron chi connectivity index (χ4n) is 2.90.